The fourth-order valence-electron chi connectivity index (χ4n) is 3.31. The average molecular weight is 263 g/mol. The van der Waals surface area contributed by atoms with E-state index in [1.165, 1.54) is 43.2 Å². The van der Waals surface area contributed by atoms with Gasteiger partial charge in [-0.05, 0) is 67.8 Å². The van der Waals surface area contributed by atoms with Gasteiger partial charge < -0.3 is 5.32 Å². The van der Waals surface area contributed by atoms with Crippen LogP contribution in [0, 0.1) is 18.2 Å². The summed E-state index contributed by atoms with van der Waals surface area (Å²) in [4.78, 5) is 0. The van der Waals surface area contributed by atoms with Crippen LogP contribution in [0.4, 0.5) is 4.39 Å². The van der Waals surface area contributed by atoms with Crippen molar-refractivity contribution in [3.63, 3.8) is 0 Å². The van der Waals surface area contributed by atoms with Gasteiger partial charge in [0.1, 0.15) is 5.82 Å². The fourth-order valence-corrected chi connectivity index (χ4v) is 3.31. The maximum Gasteiger partial charge on any atom is 0.123 e. The molecule has 0 amide bonds. The van der Waals surface area contributed by atoms with Crippen LogP contribution in [-0.2, 0) is 6.42 Å². The van der Waals surface area contributed by atoms with Crippen molar-refractivity contribution < 1.29 is 4.39 Å². The van der Waals surface area contributed by atoms with E-state index in [2.05, 4.69) is 19.2 Å². The Morgan fingerprint density at radius 1 is 1.26 bits per heavy atom. The van der Waals surface area contributed by atoms with E-state index >= 15 is 0 Å². The van der Waals surface area contributed by atoms with Crippen LogP contribution in [-0.4, -0.2) is 13.1 Å². The standard InChI is InChI=1S/C17H26FN/c1-3-10-19-13-17(8-4-5-9-17)12-15-11-16(18)7-6-14(15)2/h6-7,11,19H,3-5,8-10,12-13H2,1-2H3. The van der Waals surface area contributed by atoms with Crippen molar-refractivity contribution in [1.82, 2.24) is 5.32 Å². The summed E-state index contributed by atoms with van der Waals surface area (Å²) in [7, 11) is 0. The monoisotopic (exact) mass is 263 g/mol. The highest BCUT2D eigenvalue weighted by atomic mass is 19.1. The van der Waals surface area contributed by atoms with Crippen molar-refractivity contribution in [3.05, 3.63) is 35.1 Å². The zero-order valence-corrected chi connectivity index (χ0v) is 12.3. The minimum Gasteiger partial charge on any atom is -0.316 e. The zero-order chi connectivity index (χ0) is 13.7. The molecule has 0 heterocycles. The number of nitrogens with one attached hydrogen (secondary N) is 1. The second-order valence-corrected chi connectivity index (χ2v) is 6.13. The summed E-state index contributed by atoms with van der Waals surface area (Å²) in [6, 6.07) is 5.21. The molecule has 2 rings (SSSR count). The minimum atomic E-state index is -0.102. The van der Waals surface area contributed by atoms with Crippen LogP contribution >= 0.6 is 0 Å². The maximum absolute atomic E-state index is 13.4. The van der Waals surface area contributed by atoms with E-state index in [0.717, 1.165) is 19.5 Å². The largest absolute Gasteiger partial charge is 0.316 e. The van der Waals surface area contributed by atoms with Gasteiger partial charge in [0.15, 0.2) is 0 Å². The summed E-state index contributed by atoms with van der Waals surface area (Å²) in [6.07, 6.45) is 7.39. The van der Waals surface area contributed by atoms with Crippen molar-refractivity contribution in [2.75, 3.05) is 13.1 Å². The van der Waals surface area contributed by atoms with Gasteiger partial charge in [-0.2, -0.15) is 0 Å². The quantitative estimate of drug-likeness (QED) is 0.757. The number of rotatable bonds is 6. The van der Waals surface area contributed by atoms with Gasteiger partial charge in [-0.15, -0.1) is 0 Å². The van der Waals surface area contributed by atoms with Crippen molar-refractivity contribution in [3.8, 4) is 0 Å². The second kappa shape index (κ2) is 6.51. The van der Waals surface area contributed by atoms with Gasteiger partial charge in [0.2, 0.25) is 0 Å². The molecule has 0 unspecified atom stereocenters. The van der Waals surface area contributed by atoms with Gasteiger partial charge in [-0.1, -0.05) is 25.8 Å². The molecule has 0 aliphatic heterocycles. The molecule has 0 bridgehead atoms. The molecule has 1 saturated carbocycles. The molecule has 1 aliphatic rings. The van der Waals surface area contributed by atoms with E-state index in [1.54, 1.807) is 12.1 Å². The van der Waals surface area contributed by atoms with E-state index in [-0.39, 0.29) is 5.82 Å². The van der Waals surface area contributed by atoms with Crippen LogP contribution in [0.15, 0.2) is 18.2 Å². The normalized spacial score (nSPS) is 17.8. The third-order valence-corrected chi connectivity index (χ3v) is 4.47. The summed E-state index contributed by atoms with van der Waals surface area (Å²) in [5.41, 5.74) is 2.77. The van der Waals surface area contributed by atoms with Gasteiger partial charge in [0.25, 0.3) is 0 Å². The molecule has 2 heteroatoms. The first-order chi connectivity index (χ1) is 9.15. The van der Waals surface area contributed by atoms with Crippen molar-refractivity contribution in [2.45, 2.75) is 52.4 Å². The SMILES string of the molecule is CCCNCC1(Cc2cc(F)ccc2C)CCCC1. The second-order valence-electron chi connectivity index (χ2n) is 6.13. The Morgan fingerprint density at radius 3 is 2.68 bits per heavy atom. The smallest absolute Gasteiger partial charge is 0.123 e. The Kier molecular flexibility index (Phi) is 4.98. The molecule has 1 aromatic rings. The van der Waals surface area contributed by atoms with E-state index in [0.29, 0.717) is 5.41 Å². The lowest BCUT2D eigenvalue weighted by Gasteiger charge is -2.30. The molecular formula is C17H26FN. The molecule has 1 aliphatic carbocycles. The van der Waals surface area contributed by atoms with E-state index in [1.807, 2.05) is 6.07 Å². The molecule has 1 fully saturated rings. The first-order valence-corrected chi connectivity index (χ1v) is 7.61. The molecule has 19 heavy (non-hydrogen) atoms. The van der Waals surface area contributed by atoms with Gasteiger partial charge >= 0.3 is 0 Å². The molecule has 0 saturated heterocycles. The molecule has 1 N–H and O–H groups in total. The molecule has 0 atom stereocenters. The van der Waals surface area contributed by atoms with Crippen LogP contribution in [0.1, 0.15) is 50.2 Å². The van der Waals surface area contributed by atoms with Crippen molar-refractivity contribution in [1.29, 1.82) is 0 Å². The summed E-state index contributed by atoms with van der Waals surface area (Å²) in [6.45, 7) is 6.46. The van der Waals surface area contributed by atoms with E-state index in [4.69, 9.17) is 0 Å². The summed E-state index contributed by atoms with van der Waals surface area (Å²) < 4.78 is 13.4. The molecule has 106 valence electrons. The summed E-state index contributed by atoms with van der Waals surface area (Å²) in [5.74, 6) is -0.102. The molecule has 0 radical (unpaired) electrons. The third kappa shape index (κ3) is 3.79. The highest BCUT2D eigenvalue weighted by molar-refractivity contribution is 5.28. The van der Waals surface area contributed by atoms with E-state index in [9.17, 15) is 4.39 Å². The topological polar surface area (TPSA) is 12.0 Å². The number of hydrogen-bond acceptors (Lipinski definition) is 1. The number of hydrogen-bond donors (Lipinski definition) is 1. The fraction of sp³-hybridized carbons (Fsp3) is 0.647. The van der Waals surface area contributed by atoms with Crippen LogP contribution in [0.25, 0.3) is 0 Å². The first kappa shape index (κ1) is 14.5. The van der Waals surface area contributed by atoms with Crippen LogP contribution in [0.5, 0.6) is 0 Å². The predicted octanol–water partition coefficient (Wildman–Crippen LogP) is 4.24. The summed E-state index contributed by atoms with van der Waals surface area (Å²) in [5, 5.41) is 3.58. The molecule has 0 aromatic heterocycles. The third-order valence-electron chi connectivity index (χ3n) is 4.47. The maximum atomic E-state index is 13.4. The molecule has 1 nitrogen and oxygen atoms in total. The minimum absolute atomic E-state index is 0.102. The zero-order valence-electron chi connectivity index (χ0n) is 12.3. The Bertz CT molecular complexity index is 408. The van der Waals surface area contributed by atoms with Crippen molar-refractivity contribution in [2.24, 2.45) is 5.41 Å². The highest BCUT2D eigenvalue weighted by Crippen LogP contribution is 2.41. The molecule has 1 aromatic carbocycles. The van der Waals surface area contributed by atoms with Gasteiger partial charge in [0.05, 0.1) is 0 Å². The summed E-state index contributed by atoms with van der Waals surface area (Å²) >= 11 is 0. The lowest BCUT2D eigenvalue weighted by atomic mass is 9.79. The van der Waals surface area contributed by atoms with Gasteiger partial charge in [-0.25, -0.2) is 4.39 Å². The average Bonchev–Trinajstić information content (AvgIpc) is 2.83. The van der Waals surface area contributed by atoms with Crippen molar-refractivity contribution >= 4 is 0 Å². The Morgan fingerprint density at radius 2 is 2.00 bits per heavy atom. The highest BCUT2D eigenvalue weighted by Gasteiger charge is 2.33. The van der Waals surface area contributed by atoms with E-state index < -0.39 is 0 Å². The first-order valence-electron chi connectivity index (χ1n) is 7.61. The Balaban J connectivity index is 2.09. The number of halogens is 1. The Hall–Kier alpha value is -0.890. The van der Waals surface area contributed by atoms with Gasteiger partial charge in [0, 0.05) is 6.54 Å². The van der Waals surface area contributed by atoms with Crippen LogP contribution in [0.2, 0.25) is 0 Å². The number of benzene rings is 1. The lowest BCUT2D eigenvalue weighted by molar-refractivity contribution is 0.277. The van der Waals surface area contributed by atoms with Crippen LogP contribution < -0.4 is 5.32 Å². The lowest BCUT2D eigenvalue weighted by Crippen LogP contribution is -2.34. The predicted molar refractivity (Wildman–Crippen MR) is 78.9 cm³/mol. The number of aryl methyl sites for hydroxylation is 1. The van der Waals surface area contributed by atoms with Gasteiger partial charge in [-0.3, -0.25) is 0 Å². The molecular weight excluding hydrogens is 237 g/mol. The van der Waals surface area contributed by atoms with Crippen LogP contribution in [0.3, 0.4) is 0 Å². The molecule has 0 spiro atoms. The Labute approximate surface area is 116 Å².